The van der Waals surface area contributed by atoms with Crippen LogP contribution in [0.1, 0.15) is 25.8 Å². The zero-order valence-corrected chi connectivity index (χ0v) is 14.6. The Bertz CT molecular complexity index is 653. The van der Waals surface area contributed by atoms with Crippen LogP contribution in [-0.4, -0.2) is 21.3 Å². The monoisotopic (exact) mass is 370 g/mol. The number of aromatic amines is 1. The van der Waals surface area contributed by atoms with Crippen LogP contribution in [0.25, 0.3) is 0 Å². The predicted molar refractivity (Wildman–Crippen MR) is 88.8 cm³/mol. The van der Waals surface area contributed by atoms with Gasteiger partial charge in [0.25, 0.3) is 0 Å². The van der Waals surface area contributed by atoms with E-state index in [0.29, 0.717) is 11.7 Å². The van der Waals surface area contributed by atoms with Crippen molar-refractivity contribution in [2.45, 2.75) is 43.4 Å². The third-order valence-corrected chi connectivity index (χ3v) is 4.74. The summed E-state index contributed by atoms with van der Waals surface area (Å²) in [6, 6.07) is 6.21. The summed E-state index contributed by atoms with van der Waals surface area (Å²) in [6.07, 6.45) is 1.12. The number of H-pyrrole nitrogens is 1. The highest BCUT2D eigenvalue weighted by atomic mass is 79.9. The van der Waals surface area contributed by atoms with Gasteiger partial charge in [-0.1, -0.05) is 28.9 Å². The number of rotatable bonds is 7. The summed E-state index contributed by atoms with van der Waals surface area (Å²) in [7, 11) is 0. The third kappa shape index (κ3) is 4.21. The van der Waals surface area contributed by atoms with Gasteiger partial charge in [-0.3, -0.25) is 4.57 Å². The van der Waals surface area contributed by atoms with E-state index in [1.54, 1.807) is 4.57 Å². The van der Waals surface area contributed by atoms with E-state index >= 15 is 0 Å². The maximum atomic E-state index is 11.5. The van der Waals surface area contributed by atoms with Crippen LogP contribution >= 0.6 is 27.7 Å². The van der Waals surface area contributed by atoms with E-state index in [4.69, 9.17) is 0 Å². The number of hydrogen-bond acceptors (Lipinski definition) is 4. The molecule has 0 unspecified atom stereocenters. The molecule has 2 rings (SSSR count). The molecular weight excluding hydrogens is 352 g/mol. The fourth-order valence-corrected chi connectivity index (χ4v) is 3.51. The lowest BCUT2D eigenvalue weighted by Gasteiger charge is -2.08. The Morgan fingerprint density at radius 3 is 2.90 bits per heavy atom. The second kappa shape index (κ2) is 7.82. The summed E-state index contributed by atoms with van der Waals surface area (Å²) in [6.45, 7) is 6.55. The van der Waals surface area contributed by atoms with Crippen LogP contribution in [0, 0.1) is 0 Å². The third-order valence-electron chi connectivity index (χ3n) is 3.02. The van der Waals surface area contributed by atoms with Gasteiger partial charge < -0.3 is 5.32 Å². The van der Waals surface area contributed by atoms with Gasteiger partial charge in [-0.15, -0.1) is 5.10 Å². The molecule has 0 fully saturated rings. The Hall–Kier alpha value is -1.05. The molecule has 0 radical (unpaired) electrons. The first-order valence-electron chi connectivity index (χ1n) is 6.97. The quantitative estimate of drug-likeness (QED) is 0.735. The Balaban J connectivity index is 2.11. The van der Waals surface area contributed by atoms with E-state index in [9.17, 15) is 4.79 Å². The van der Waals surface area contributed by atoms with Crippen molar-refractivity contribution in [3.63, 3.8) is 0 Å². The average molecular weight is 371 g/mol. The second-order valence-electron chi connectivity index (χ2n) is 4.59. The SMILES string of the molecule is CCCNCc1ccc(Sc2n[nH]c(=O)n2CC)cc1Br. The number of nitrogens with zero attached hydrogens (tertiary/aromatic N) is 2. The highest BCUT2D eigenvalue weighted by molar-refractivity contribution is 9.10. The molecule has 5 nitrogen and oxygen atoms in total. The standard InChI is InChI=1S/C14H19BrN4OS/c1-3-7-16-9-10-5-6-11(8-12(10)15)21-14-18-17-13(20)19(14)4-2/h5-6,8,16H,3-4,7,9H2,1-2H3,(H,17,20). The zero-order valence-electron chi connectivity index (χ0n) is 12.1. The molecule has 0 amide bonds. The molecule has 0 aliphatic heterocycles. The number of nitrogens with one attached hydrogen (secondary N) is 2. The Morgan fingerprint density at radius 2 is 2.24 bits per heavy atom. The Morgan fingerprint density at radius 1 is 1.43 bits per heavy atom. The number of halogens is 1. The van der Waals surface area contributed by atoms with Crippen LogP contribution < -0.4 is 11.0 Å². The van der Waals surface area contributed by atoms with Crippen LogP contribution in [0.3, 0.4) is 0 Å². The van der Waals surface area contributed by atoms with E-state index in [-0.39, 0.29) is 5.69 Å². The zero-order chi connectivity index (χ0) is 15.2. The lowest BCUT2D eigenvalue weighted by Crippen LogP contribution is -2.16. The molecule has 7 heteroatoms. The van der Waals surface area contributed by atoms with Crippen LogP contribution in [0.2, 0.25) is 0 Å². The molecule has 0 saturated heterocycles. The van der Waals surface area contributed by atoms with Gasteiger partial charge in [-0.2, -0.15) is 0 Å². The van der Waals surface area contributed by atoms with Gasteiger partial charge in [0.05, 0.1) is 0 Å². The van der Waals surface area contributed by atoms with E-state index in [0.717, 1.165) is 28.9 Å². The largest absolute Gasteiger partial charge is 0.343 e. The Kier molecular flexibility index (Phi) is 6.08. The minimum Gasteiger partial charge on any atom is -0.313 e. The lowest BCUT2D eigenvalue weighted by atomic mass is 10.2. The van der Waals surface area contributed by atoms with Gasteiger partial charge in [0.1, 0.15) is 0 Å². The predicted octanol–water partition coefficient (Wildman–Crippen LogP) is 3.00. The highest BCUT2D eigenvalue weighted by Gasteiger charge is 2.09. The summed E-state index contributed by atoms with van der Waals surface area (Å²) in [5, 5.41) is 10.6. The van der Waals surface area contributed by atoms with Gasteiger partial charge in [-0.25, -0.2) is 9.89 Å². The fourth-order valence-electron chi connectivity index (χ4n) is 1.90. The molecule has 0 spiro atoms. The number of hydrogen-bond donors (Lipinski definition) is 2. The summed E-state index contributed by atoms with van der Waals surface area (Å²) >= 11 is 5.08. The van der Waals surface area contributed by atoms with Crippen molar-refractivity contribution in [1.29, 1.82) is 0 Å². The van der Waals surface area contributed by atoms with Crippen LogP contribution in [0.15, 0.2) is 37.5 Å². The molecule has 1 heterocycles. The summed E-state index contributed by atoms with van der Waals surface area (Å²) in [5.41, 5.74) is 1.06. The maximum Gasteiger partial charge on any atom is 0.343 e. The molecule has 114 valence electrons. The van der Waals surface area contributed by atoms with Gasteiger partial charge in [0.15, 0.2) is 5.16 Å². The smallest absolute Gasteiger partial charge is 0.313 e. The van der Waals surface area contributed by atoms with Crippen molar-refractivity contribution in [2.24, 2.45) is 0 Å². The first-order valence-corrected chi connectivity index (χ1v) is 8.58. The van der Waals surface area contributed by atoms with Gasteiger partial charge >= 0.3 is 5.69 Å². The molecule has 2 aromatic rings. The minimum atomic E-state index is -0.167. The van der Waals surface area contributed by atoms with Crippen LogP contribution in [0.5, 0.6) is 0 Å². The van der Waals surface area contributed by atoms with E-state index in [1.165, 1.54) is 17.3 Å². The molecule has 1 aromatic carbocycles. The van der Waals surface area contributed by atoms with Crippen molar-refractivity contribution < 1.29 is 0 Å². The Labute approximate surface area is 136 Å². The van der Waals surface area contributed by atoms with Gasteiger partial charge in [-0.05, 0) is 49.3 Å². The van der Waals surface area contributed by atoms with E-state index < -0.39 is 0 Å². The first-order chi connectivity index (χ1) is 10.2. The highest BCUT2D eigenvalue weighted by Crippen LogP contribution is 2.29. The molecule has 0 aliphatic rings. The minimum absolute atomic E-state index is 0.167. The van der Waals surface area contributed by atoms with E-state index in [2.05, 4.69) is 56.6 Å². The van der Waals surface area contributed by atoms with Crippen LogP contribution in [-0.2, 0) is 13.1 Å². The average Bonchev–Trinajstić information content (AvgIpc) is 2.81. The summed E-state index contributed by atoms with van der Waals surface area (Å²) < 4.78 is 2.69. The maximum absolute atomic E-state index is 11.5. The summed E-state index contributed by atoms with van der Waals surface area (Å²) in [4.78, 5) is 12.6. The molecule has 2 N–H and O–H groups in total. The summed E-state index contributed by atoms with van der Waals surface area (Å²) in [5.74, 6) is 0. The normalized spacial score (nSPS) is 11.0. The molecule has 21 heavy (non-hydrogen) atoms. The lowest BCUT2D eigenvalue weighted by molar-refractivity contribution is 0.660. The first kappa shape index (κ1) is 16.3. The van der Waals surface area contributed by atoms with Crippen LogP contribution in [0.4, 0.5) is 0 Å². The molecule has 0 aliphatic carbocycles. The van der Waals surface area contributed by atoms with Crippen molar-refractivity contribution in [3.8, 4) is 0 Å². The van der Waals surface area contributed by atoms with Gasteiger partial charge in [0, 0.05) is 22.5 Å². The molecule has 1 aromatic heterocycles. The molecule has 0 bridgehead atoms. The van der Waals surface area contributed by atoms with E-state index in [1.807, 2.05) is 6.92 Å². The second-order valence-corrected chi connectivity index (χ2v) is 6.48. The number of aromatic nitrogens is 3. The van der Waals surface area contributed by atoms with Crippen molar-refractivity contribution in [2.75, 3.05) is 6.54 Å². The van der Waals surface area contributed by atoms with Crippen molar-refractivity contribution >= 4 is 27.7 Å². The molecule has 0 atom stereocenters. The molecular formula is C14H19BrN4OS. The molecule has 0 saturated carbocycles. The van der Waals surface area contributed by atoms with Crippen molar-refractivity contribution in [1.82, 2.24) is 20.1 Å². The van der Waals surface area contributed by atoms with Crippen molar-refractivity contribution in [3.05, 3.63) is 38.7 Å². The topological polar surface area (TPSA) is 62.7 Å². The van der Waals surface area contributed by atoms with Gasteiger partial charge in [0.2, 0.25) is 0 Å². The number of benzene rings is 1. The fraction of sp³-hybridized carbons (Fsp3) is 0.429.